The summed E-state index contributed by atoms with van der Waals surface area (Å²) in [5.74, 6) is 5.63. The number of benzene rings is 1. The fourth-order valence-electron chi connectivity index (χ4n) is 2.30. The first-order valence-corrected chi connectivity index (χ1v) is 5.34. The van der Waals surface area contributed by atoms with Crippen LogP contribution >= 0.6 is 0 Å². The quantitative estimate of drug-likeness (QED) is 0.679. The second kappa shape index (κ2) is 4.00. The summed E-state index contributed by atoms with van der Waals surface area (Å²) in [6.45, 7) is 0. The molecule has 0 saturated heterocycles. The first kappa shape index (κ1) is 11.3. The van der Waals surface area contributed by atoms with Crippen LogP contribution in [0, 0.1) is 24.7 Å². The van der Waals surface area contributed by atoms with E-state index in [9.17, 15) is 4.79 Å². The van der Waals surface area contributed by atoms with E-state index in [0.29, 0.717) is 12.8 Å². The van der Waals surface area contributed by atoms with Gasteiger partial charge in [0.2, 0.25) is 0 Å². The van der Waals surface area contributed by atoms with Gasteiger partial charge in [0.1, 0.15) is 5.75 Å². The molecule has 0 radical (unpaired) electrons. The monoisotopic (exact) mass is 224 g/mol. The molecule has 2 rings (SSSR count). The zero-order chi connectivity index (χ0) is 12.5. The molecule has 84 valence electrons. The Bertz CT molecular complexity index is 541. The van der Waals surface area contributed by atoms with Gasteiger partial charge in [0, 0.05) is 12.0 Å². The minimum absolute atomic E-state index is 0.0803. The zero-order valence-electron chi connectivity index (χ0n) is 9.62. The maximum absolute atomic E-state index is 12.0. The average molecular weight is 224 g/mol. The standard InChI is InChI=1S/C15H12O2/c1-4-15(5-2)12-7-6-8-13(17-3)11(12)9-10-14(15)16/h1-2,6-8H,9-10H2,3H3. The molecule has 0 aliphatic heterocycles. The third-order valence-corrected chi connectivity index (χ3v) is 3.21. The Labute approximate surface area is 101 Å². The second-order valence-electron chi connectivity index (χ2n) is 3.95. The molecule has 0 unspecified atom stereocenters. The number of Topliss-reactive ketones (excluding diaryl/α,β-unsaturated/α-hetero) is 1. The van der Waals surface area contributed by atoms with Gasteiger partial charge in [-0.15, -0.1) is 12.8 Å². The number of hydrogen-bond donors (Lipinski definition) is 0. The van der Waals surface area contributed by atoms with E-state index >= 15 is 0 Å². The summed E-state index contributed by atoms with van der Waals surface area (Å²) < 4.78 is 5.28. The van der Waals surface area contributed by atoms with Crippen LogP contribution in [0.5, 0.6) is 5.75 Å². The van der Waals surface area contributed by atoms with Gasteiger partial charge in [-0.25, -0.2) is 0 Å². The van der Waals surface area contributed by atoms with Gasteiger partial charge in [-0.2, -0.15) is 0 Å². The molecule has 0 amide bonds. The van der Waals surface area contributed by atoms with Gasteiger partial charge in [0.25, 0.3) is 0 Å². The van der Waals surface area contributed by atoms with Crippen LogP contribution in [0.2, 0.25) is 0 Å². The highest BCUT2D eigenvalue weighted by Crippen LogP contribution is 2.38. The first-order chi connectivity index (χ1) is 8.19. The third kappa shape index (κ3) is 1.42. The lowest BCUT2D eigenvalue weighted by molar-refractivity contribution is -0.121. The van der Waals surface area contributed by atoms with E-state index in [2.05, 4.69) is 11.8 Å². The molecule has 0 saturated carbocycles. The highest BCUT2D eigenvalue weighted by atomic mass is 16.5. The SMILES string of the molecule is C#CC1(C#C)C(=O)CCc2c(OC)cccc21. The Morgan fingerprint density at radius 1 is 1.29 bits per heavy atom. The molecule has 0 N–H and O–H groups in total. The number of rotatable bonds is 1. The van der Waals surface area contributed by atoms with Crippen molar-refractivity contribution in [1.29, 1.82) is 0 Å². The van der Waals surface area contributed by atoms with Crippen LogP contribution < -0.4 is 4.74 Å². The summed E-state index contributed by atoms with van der Waals surface area (Å²) in [6.07, 6.45) is 12.0. The molecule has 0 aromatic heterocycles. The molecule has 2 heteroatoms. The lowest BCUT2D eigenvalue weighted by atomic mass is 9.70. The van der Waals surface area contributed by atoms with Crippen molar-refractivity contribution in [2.45, 2.75) is 18.3 Å². The van der Waals surface area contributed by atoms with E-state index in [-0.39, 0.29) is 5.78 Å². The van der Waals surface area contributed by atoms with E-state index in [1.807, 2.05) is 12.1 Å². The molecule has 17 heavy (non-hydrogen) atoms. The van der Waals surface area contributed by atoms with Gasteiger partial charge < -0.3 is 4.74 Å². The average Bonchev–Trinajstić information content (AvgIpc) is 2.38. The van der Waals surface area contributed by atoms with Crippen LogP contribution in [0.15, 0.2) is 18.2 Å². The maximum atomic E-state index is 12.0. The highest BCUT2D eigenvalue weighted by molar-refractivity contribution is 5.99. The van der Waals surface area contributed by atoms with E-state index in [4.69, 9.17) is 17.6 Å². The number of terminal acetylenes is 2. The van der Waals surface area contributed by atoms with Gasteiger partial charge in [0.05, 0.1) is 7.11 Å². The Balaban J connectivity index is 2.75. The predicted octanol–water partition coefficient (Wildman–Crippen LogP) is 1.71. The number of hydrogen-bond acceptors (Lipinski definition) is 2. The Morgan fingerprint density at radius 3 is 2.59 bits per heavy atom. The molecule has 1 aromatic carbocycles. The predicted molar refractivity (Wildman–Crippen MR) is 65.7 cm³/mol. The lowest BCUT2D eigenvalue weighted by Gasteiger charge is -2.29. The van der Waals surface area contributed by atoms with Crippen LogP contribution in [0.25, 0.3) is 0 Å². The van der Waals surface area contributed by atoms with Crippen molar-refractivity contribution < 1.29 is 9.53 Å². The number of ketones is 1. The number of ether oxygens (including phenoxy) is 1. The van der Waals surface area contributed by atoms with E-state index in [1.165, 1.54) is 0 Å². The summed E-state index contributed by atoms with van der Waals surface area (Å²) in [6, 6.07) is 5.47. The lowest BCUT2D eigenvalue weighted by Crippen LogP contribution is -2.37. The highest BCUT2D eigenvalue weighted by Gasteiger charge is 2.41. The Morgan fingerprint density at radius 2 is 2.00 bits per heavy atom. The van der Waals surface area contributed by atoms with Crippen LogP contribution in [-0.2, 0) is 16.6 Å². The van der Waals surface area contributed by atoms with Crippen molar-refractivity contribution in [3.63, 3.8) is 0 Å². The van der Waals surface area contributed by atoms with Crippen molar-refractivity contribution >= 4 is 5.78 Å². The molecule has 2 nitrogen and oxygen atoms in total. The Kier molecular flexibility index (Phi) is 2.66. The van der Waals surface area contributed by atoms with Gasteiger partial charge in [-0.3, -0.25) is 4.79 Å². The van der Waals surface area contributed by atoms with Crippen LogP contribution in [0.1, 0.15) is 17.5 Å². The summed E-state index contributed by atoms with van der Waals surface area (Å²) >= 11 is 0. The first-order valence-electron chi connectivity index (χ1n) is 5.34. The van der Waals surface area contributed by atoms with Crippen molar-refractivity contribution in [2.75, 3.05) is 7.11 Å². The molecular formula is C15H12O2. The summed E-state index contributed by atoms with van der Waals surface area (Å²) in [7, 11) is 1.60. The Hall–Kier alpha value is -2.19. The molecular weight excluding hydrogens is 212 g/mol. The molecule has 0 bridgehead atoms. The number of fused-ring (bicyclic) bond motifs is 1. The summed E-state index contributed by atoms with van der Waals surface area (Å²) in [5, 5.41) is 0. The molecule has 1 aromatic rings. The molecule has 1 aliphatic rings. The summed E-state index contributed by atoms with van der Waals surface area (Å²) in [5.41, 5.74) is 0.450. The van der Waals surface area contributed by atoms with E-state index < -0.39 is 5.41 Å². The van der Waals surface area contributed by atoms with Crippen LogP contribution in [0.3, 0.4) is 0 Å². The van der Waals surface area contributed by atoms with Gasteiger partial charge in [0.15, 0.2) is 11.2 Å². The topological polar surface area (TPSA) is 26.3 Å². The molecule has 0 spiro atoms. The second-order valence-corrected chi connectivity index (χ2v) is 3.95. The largest absolute Gasteiger partial charge is 0.496 e. The number of carbonyl (C=O) groups is 1. The molecule has 0 atom stereocenters. The fraction of sp³-hybridized carbons (Fsp3) is 0.267. The minimum Gasteiger partial charge on any atom is -0.496 e. The van der Waals surface area contributed by atoms with Crippen molar-refractivity contribution in [3.05, 3.63) is 29.3 Å². The van der Waals surface area contributed by atoms with Crippen molar-refractivity contribution in [2.24, 2.45) is 0 Å². The van der Waals surface area contributed by atoms with E-state index in [0.717, 1.165) is 16.9 Å². The van der Waals surface area contributed by atoms with Crippen molar-refractivity contribution in [1.82, 2.24) is 0 Å². The third-order valence-electron chi connectivity index (χ3n) is 3.21. The van der Waals surface area contributed by atoms with Crippen LogP contribution in [0.4, 0.5) is 0 Å². The molecule has 0 fully saturated rings. The van der Waals surface area contributed by atoms with Crippen LogP contribution in [-0.4, -0.2) is 12.9 Å². The van der Waals surface area contributed by atoms with E-state index in [1.54, 1.807) is 13.2 Å². The number of methoxy groups -OCH3 is 1. The van der Waals surface area contributed by atoms with Gasteiger partial charge in [-0.1, -0.05) is 24.0 Å². The van der Waals surface area contributed by atoms with Gasteiger partial charge >= 0.3 is 0 Å². The van der Waals surface area contributed by atoms with Gasteiger partial charge in [-0.05, 0) is 18.1 Å². The number of carbonyl (C=O) groups excluding carboxylic acids is 1. The fourth-order valence-corrected chi connectivity index (χ4v) is 2.30. The minimum atomic E-state index is -1.22. The normalized spacial score (nSPS) is 16.5. The maximum Gasteiger partial charge on any atom is 0.174 e. The molecule has 1 aliphatic carbocycles. The van der Waals surface area contributed by atoms with Crippen molar-refractivity contribution in [3.8, 4) is 30.4 Å². The smallest absolute Gasteiger partial charge is 0.174 e. The summed E-state index contributed by atoms with van der Waals surface area (Å²) in [4.78, 5) is 12.0. The zero-order valence-corrected chi connectivity index (χ0v) is 9.62. The molecule has 0 heterocycles.